The van der Waals surface area contributed by atoms with E-state index < -0.39 is 0 Å². The van der Waals surface area contributed by atoms with Gasteiger partial charge >= 0.3 is 0 Å². The summed E-state index contributed by atoms with van der Waals surface area (Å²) in [5.41, 5.74) is 2.58. The Labute approximate surface area is 97.6 Å². The number of anilines is 1. The fraction of sp³-hybridized carbons (Fsp3) is 0.538. The molecule has 0 unspecified atom stereocenters. The quantitative estimate of drug-likeness (QED) is 0.719. The minimum Gasteiger partial charge on any atom is -0.388 e. The summed E-state index contributed by atoms with van der Waals surface area (Å²) in [6, 6.07) is 9.14. The summed E-state index contributed by atoms with van der Waals surface area (Å²) in [4.78, 5) is 0. The van der Waals surface area contributed by atoms with E-state index in [9.17, 15) is 0 Å². The first kappa shape index (κ1) is 11.4. The van der Waals surface area contributed by atoms with Crippen molar-refractivity contribution in [2.24, 2.45) is 0 Å². The van der Waals surface area contributed by atoms with Crippen molar-refractivity contribution in [3.05, 3.63) is 29.8 Å². The highest BCUT2D eigenvalue weighted by molar-refractivity contribution is 5.50. The Kier molecular flexibility index (Phi) is 4.19. The third kappa shape index (κ3) is 2.97. The van der Waals surface area contributed by atoms with Crippen LogP contribution in [0.2, 0.25) is 0 Å². The molecule has 1 aromatic rings. The molecule has 0 aromatic heterocycles. The number of para-hydroxylation sites is 1. The summed E-state index contributed by atoms with van der Waals surface area (Å²) in [6.07, 6.45) is 2.48. The van der Waals surface area contributed by atoms with Crippen molar-refractivity contribution in [2.75, 3.05) is 25.5 Å². The van der Waals surface area contributed by atoms with Crippen molar-refractivity contribution in [1.82, 2.24) is 10.6 Å². The van der Waals surface area contributed by atoms with Crippen LogP contribution in [0.4, 0.5) is 5.69 Å². The van der Waals surface area contributed by atoms with Crippen molar-refractivity contribution in [3.8, 4) is 0 Å². The van der Waals surface area contributed by atoms with Crippen LogP contribution < -0.4 is 16.0 Å². The molecule has 0 saturated carbocycles. The van der Waals surface area contributed by atoms with Crippen LogP contribution in [-0.4, -0.2) is 26.2 Å². The molecule has 0 aliphatic carbocycles. The molecule has 1 fully saturated rings. The van der Waals surface area contributed by atoms with Gasteiger partial charge in [-0.1, -0.05) is 18.2 Å². The number of hydrogen-bond donors (Lipinski definition) is 3. The zero-order valence-electron chi connectivity index (χ0n) is 9.92. The molecule has 0 radical (unpaired) electrons. The minimum absolute atomic E-state index is 0.672. The normalized spacial score (nSPS) is 17.3. The average molecular weight is 219 g/mol. The zero-order valence-corrected chi connectivity index (χ0v) is 9.92. The van der Waals surface area contributed by atoms with Crippen molar-refractivity contribution in [3.63, 3.8) is 0 Å². The zero-order chi connectivity index (χ0) is 11.2. The van der Waals surface area contributed by atoms with Gasteiger partial charge in [0.05, 0.1) is 0 Å². The minimum atomic E-state index is 0.672. The fourth-order valence-corrected chi connectivity index (χ4v) is 2.20. The van der Waals surface area contributed by atoms with Crippen molar-refractivity contribution >= 4 is 5.69 Å². The van der Waals surface area contributed by atoms with Gasteiger partial charge < -0.3 is 16.0 Å². The maximum absolute atomic E-state index is 3.63. The van der Waals surface area contributed by atoms with E-state index in [1.165, 1.54) is 24.1 Å². The number of piperidine rings is 1. The Morgan fingerprint density at radius 2 is 2.00 bits per heavy atom. The van der Waals surface area contributed by atoms with Crippen LogP contribution in [0.3, 0.4) is 0 Å². The summed E-state index contributed by atoms with van der Waals surface area (Å²) in [5, 5.41) is 10.2. The summed E-state index contributed by atoms with van der Waals surface area (Å²) in [7, 11) is 1.98. The van der Waals surface area contributed by atoms with E-state index in [0.717, 1.165) is 19.6 Å². The molecule has 2 rings (SSSR count). The van der Waals surface area contributed by atoms with Crippen LogP contribution in [0.1, 0.15) is 18.4 Å². The molecule has 1 aliphatic rings. The van der Waals surface area contributed by atoms with Crippen LogP contribution in [0.15, 0.2) is 24.3 Å². The average Bonchev–Trinajstić information content (AvgIpc) is 2.38. The summed E-state index contributed by atoms with van der Waals surface area (Å²) >= 11 is 0. The van der Waals surface area contributed by atoms with Crippen molar-refractivity contribution < 1.29 is 0 Å². The highest BCUT2D eigenvalue weighted by Gasteiger charge is 2.12. The van der Waals surface area contributed by atoms with Gasteiger partial charge in [-0.2, -0.15) is 0 Å². The number of hydrogen-bond acceptors (Lipinski definition) is 3. The second-order valence-corrected chi connectivity index (χ2v) is 4.31. The lowest BCUT2D eigenvalue weighted by molar-refractivity contribution is 0.386. The largest absolute Gasteiger partial charge is 0.388 e. The SMILES string of the molecule is CNc1ccccc1CNC1CCNCC1. The molecule has 0 amide bonds. The molecule has 1 aliphatic heterocycles. The van der Waals surface area contributed by atoms with Gasteiger partial charge in [-0.15, -0.1) is 0 Å². The molecule has 3 N–H and O–H groups in total. The van der Waals surface area contributed by atoms with Crippen LogP contribution >= 0.6 is 0 Å². The Balaban J connectivity index is 1.88. The third-order valence-corrected chi connectivity index (χ3v) is 3.21. The second-order valence-electron chi connectivity index (χ2n) is 4.31. The first-order valence-corrected chi connectivity index (χ1v) is 6.10. The van der Waals surface area contributed by atoms with Gasteiger partial charge in [0, 0.05) is 25.3 Å². The molecule has 88 valence electrons. The monoisotopic (exact) mass is 219 g/mol. The lowest BCUT2D eigenvalue weighted by Crippen LogP contribution is -2.39. The predicted octanol–water partition coefficient (Wildman–Crippen LogP) is 1.57. The van der Waals surface area contributed by atoms with Crippen LogP contribution in [0, 0.1) is 0 Å². The van der Waals surface area contributed by atoms with Gasteiger partial charge in [0.2, 0.25) is 0 Å². The maximum atomic E-state index is 3.63. The van der Waals surface area contributed by atoms with Gasteiger partial charge in [-0.3, -0.25) is 0 Å². The van der Waals surface area contributed by atoms with Crippen molar-refractivity contribution in [2.45, 2.75) is 25.4 Å². The summed E-state index contributed by atoms with van der Waals surface area (Å²) in [6.45, 7) is 3.25. The molecule has 1 heterocycles. The molecule has 1 saturated heterocycles. The molecule has 0 bridgehead atoms. The third-order valence-electron chi connectivity index (χ3n) is 3.21. The molecule has 16 heavy (non-hydrogen) atoms. The predicted molar refractivity (Wildman–Crippen MR) is 68.7 cm³/mol. The van der Waals surface area contributed by atoms with Gasteiger partial charge in [0.1, 0.15) is 0 Å². The lowest BCUT2D eigenvalue weighted by atomic mass is 10.1. The first-order valence-electron chi connectivity index (χ1n) is 6.10. The van der Waals surface area contributed by atoms with E-state index in [-0.39, 0.29) is 0 Å². The first-order chi connectivity index (χ1) is 7.90. The van der Waals surface area contributed by atoms with Gasteiger partial charge in [0.25, 0.3) is 0 Å². The Hall–Kier alpha value is -1.06. The fourth-order valence-electron chi connectivity index (χ4n) is 2.20. The molecule has 0 spiro atoms. The van der Waals surface area contributed by atoms with E-state index in [1.807, 2.05) is 7.05 Å². The van der Waals surface area contributed by atoms with Crippen LogP contribution in [-0.2, 0) is 6.54 Å². The standard InChI is InChI=1S/C13H21N3/c1-14-13-5-3-2-4-11(13)10-16-12-6-8-15-9-7-12/h2-5,12,14-16H,6-10H2,1H3. The Morgan fingerprint density at radius 3 is 2.75 bits per heavy atom. The van der Waals surface area contributed by atoms with Gasteiger partial charge in [-0.05, 0) is 37.6 Å². The summed E-state index contributed by atoms with van der Waals surface area (Å²) < 4.78 is 0. The molecule has 3 nitrogen and oxygen atoms in total. The van der Waals surface area contributed by atoms with Crippen LogP contribution in [0.25, 0.3) is 0 Å². The summed E-state index contributed by atoms with van der Waals surface area (Å²) in [5.74, 6) is 0. The topological polar surface area (TPSA) is 36.1 Å². The van der Waals surface area contributed by atoms with E-state index in [4.69, 9.17) is 0 Å². The Bertz CT molecular complexity index is 319. The van der Waals surface area contributed by atoms with Gasteiger partial charge in [-0.25, -0.2) is 0 Å². The Morgan fingerprint density at radius 1 is 1.25 bits per heavy atom. The molecule has 1 aromatic carbocycles. The highest BCUT2D eigenvalue weighted by Crippen LogP contribution is 2.14. The van der Waals surface area contributed by atoms with E-state index in [2.05, 4.69) is 40.2 Å². The molecule has 0 atom stereocenters. The number of rotatable bonds is 4. The maximum Gasteiger partial charge on any atom is 0.0383 e. The second kappa shape index (κ2) is 5.87. The smallest absolute Gasteiger partial charge is 0.0383 e. The number of benzene rings is 1. The van der Waals surface area contributed by atoms with E-state index in [1.54, 1.807) is 0 Å². The van der Waals surface area contributed by atoms with Gasteiger partial charge in [0.15, 0.2) is 0 Å². The van der Waals surface area contributed by atoms with E-state index in [0.29, 0.717) is 6.04 Å². The molecular weight excluding hydrogens is 198 g/mol. The van der Waals surface area contributed by atoms with E-state index >= 15 is 0 Å². The lowest BCUT2D eigenvalue weighted by Gasteiger charge is -2.24. The molecular formula is C13H21N3. The van der Waals surface area contributed by atoms with Crippen LogP contribution in [0.5, 0.6) is 0 Å². The highest BCUT2D eigenvalue weighted by atomic mass is 15.0. The van der Waals surface area contributed by atoms with Crippen molar-refractivity contribution in [1.29, 1.82) is 0 Å². The number of nitrogens with one attached hydrogen (secondary N) is 3. The molecule has 3 heteroatoms.